The highest BCUT2D eigenvalue weighted by Crippen LogP contribution is 2.23. The number of hydrogen-bond acceptors (Lipinski definition) is 3. The minimum Gasteiger partial charge on any atom is -0.489 e. The number of aliphatic hydroxyl groups excluding tert-OH is 1. The topological polar surface area (TPSA) is 38.7 Å². The Morgan fingerprint density at radius 3 is 2.80 bits per heavy atom. The monoisotopic (exact) mass is 230 g/mol. The third-order valence-electron chi connectivity index (χ3n) is 1.92. The van der Waals surface area contributed by atoms with E-state index in [1.807, 2.05) is 12.1 Å². The fraction of sp³-hybridized carbons (Fsp3) is 0.455. The minimum atomic E-state index is -0.527. The van der Waals surface area contributed by atoms with Crippen LogP contribution >= 0.6 is 11.6 Å². The second-order valence-electron chi connectivity index (χ2n) is 3.18. The van der Waals surface area contributed by atoms with Gasteiger partial charge in [0.05, 0.1) is 11.1 Å². The van der Waals surface area contributed by atoms with Crippen molar-refractivity contribution in [3.05, 3.63) is 29.3 Å². The predicted octanol–water partition coefficient (Wildman–Crippen LogP) is 2.12. The Labute approximate surface area is 94.6 Å². The van der Waals surface area contributed by atoms with Crippen molar-refractivity contribution < 1.29 is 14.6 Å². The third-order valence-corrected chi connectivity index (χ3v) is 2.24. The molecule has 0 radical (unpaired) electrons. The smallest absolute Gasteiger partial charge is 0.138 e. The molecule has 1 atom stereocenters. The molecule has 1 unspecified atom stereocenters. The molecule has 0 saturated carbocycles. The van der Waals surface area contributed by atoms with Gasteiger partial charge in [0.15, 0.2) is 0 Å². The van der Waals surface area contributed by atoms with Gasteiger partial charge in [-0.3, -0.25) is 0 Å². The summed E-state index contributed by atoms with van der Waals surface area (Å²) in [7, 11) is 1.60. The summed E-state index contributed by atoms with van der Waals surface area (Å²) in [5, 5.41) is 10.0. The molecular formula is C11H15ClO3. The van der Waals surface area contributed by atoms with Crippen LogP contribution < -0.4 is 4.74 Å². The molecule has 0 fully saturated rings. The maximum atomic E-state index is 9.48. The zero-order valence-corrected chi connectivity index (χ0v) is 9.41. The van der Waals surface area contributed by atoms with Crippen LogP contribution in [-0.2, 0) is 4.74 Å². The fourth-order valence-corrected chi connectivity index (χ4v) is 1.28. The average molecular weight is 231 g/mol. The van der Waals surface area contributed by atoms with E-state index in [0.29, 0.717) is 23.8 Å². The summed E-state index contributed by atoms with van der Waals surface area (Å²) < 4.78 is 10.2. The summed E-state index contributed by atoms with van der Waals surface area (Å²) in [4.78, 5) is 0. The predicted molar refractivity (Wildman–Crippen MR) is 59.4 cm³/mol. The normalized spacial score (nSPS) is 12.5. The molecule has 0 aliphatic heterocycles. The molecular weight excluding hydrogens is 216 g/mol. The number of aliphatic hydroxyl groups is 1. The first kappa shape index (κ1) is 12.3. The molecule has 1 aromatic rings. The summed E-state index contributed by atoms with van der Waals surface area (Å²) in [6.07, 6.45) is 0.0299. The van der Waals surface area contributed by atoms with Gasteiger partial charge in [0.1, 0.15) is 12.4 Å². The summed E-state index contributed by atoms with van der Waals surface area (Å²) in [6, 6.07) is 7.18. The van der Waals surface area contributed by atoms with Crippen molar-refractivity contribution in [3.8, 4) is 5.75 Å². The molecule has 0 aliphatic carbocycles. The zero-order valence-electron chi connectivity index (χ0n) is 8.65. The van der Waals surface area contributed by atoms with Crippen LogP contribution in [0.15, 0.2) is 24.3 Å². The van der Waals surface area contributed by atoms with Crippen molar-refractivity contribution in [1.29, 1.82) is 0 Å². The first-order valence-electron chi connectivity index (χ1n) is 4.78. The van der Waals surface area contributed by atoms with Gasteiger partial charge in [-0.1, -0.05) is 23.7 Å². The van der Waals surface area contributed by atoms with Crippen LogP contribution in [0.3, 0.4) is 0 Å². The van der Waals surface area contributed by atoms with Crippen molar-refractivity contribution in [2.45, 2.75) is 12.5 Å². The quantitative estimate of drug-likeness (QED) is 0.814. The standard InChI is InChI=1S/C11H15ClO3/c1-14-7-6-9(13)8-15-11-5-3-2-4-10(11)12/h2-5,9,13H,6-8H2,1H3. The second-order valence-corrected chi connectivity index (χ2v) is 3.58. The Morgan fingerprint density at radius 2 is 2.13 bits per heavy atom. The molecule has 4 heteroatoms. The number of methoxy groups -OCH3 is 1. The first-order chi connectivity index (χ1) is 7.24. The van der Waals surface area contributed by atoms with Gasteiger partial charge in [-0.05, 0) is 18.6 Å². The van der Waals surface area contributed by atoms with E-state index in [4.69, 9.17) is 21.1 Å². The van der Waals surface area contributed by atoms with Gasteiger partial charge < -0.3 is 14.6 Å². The van der Waals surface area contributed by atoms with E-state index in [2.05, 4.69) is 0 Å². The first-order valence-corrected chi connectivity index (χ1v) is 5.16. The molecule has 0 aromatic heterocycles. The van der Waals surface area contributed by atoms with Crippen LogP contribution in [0.1, 0.15) is 6.42 Å². The van der Waals surface area contributed by atoms with E-state index < -0.39 is 6.10 Å². The molecule has 0 heterocycles. The molecule has 84 valence electrons. The lowest BCUT2D eigenvalue weighted by atomic mass is 10.3. The SMILES string of the molecule is COCCC(O)COc1ccccc1Cl. The number of para-hydroxylation sites is 1. The Kier molecular flexibility index (Phi) is 5.47. The van der Waals surface area contributed by atoms with Gasteiger partial charge in [0.2, 0.25) is 0 Å². The van der Waals surface area contributed by atoms with Crippen molar-refractivity contribution in [1.82, 2.24) is 0 Å². The Hall–Kier alpha value is -0.770. The van der Waals surface area contributed by atoms with Crippen LogP contribution in [0.4, 0.5) is 0 Å². The van der Waals surface area contributed by atoms with Crippen LogP contribution in [0.25, 0.3) is 0 Å². The molecule has 0 spiro atoms. The Morgan fingerprint density at radius 1 is 1.40 bits per heavy atom. The highest BCUT2D eigenvalue weighted by molar-refractivity contribution is 6.32. The van der Waals surface area contributed by atoms with Crippen molar-refractivity contribution in [2.24, 2.45) is 0 Å². The number of hydrogen-bond donors (Lipinski definition) is 1. The summed E-state index contributed by atoms with van der Waals surface area (Å²) in [5.41, 5.74) is 0. The molecule has 1 aromatic carbocycles. The largest absolute Gasteiger partial charge is 0.489 e. The maximum absolute atomic E-state index is 9.48. The fourth-order valence-electron chi connectivity index (χ4n) is 1.08. The Balaban J connectivity index is 2.33. The minimum absolute atomic E-state index is 0.229. The molecule has 1 rings (SSSR count). The van der Waals surface area contributed by atoms with E-state index in [9.17, 15) is 5.11 Å². The van der Waals surface area contributed by atoms with Crippen LogP contribution in [0.5, 0.6) is 5.75 Å². The highest BCUT2D eigenvalue weighted by Gasteiger charge is 2.06. The van der Waals surface area contributed by atoms with Crippen LogP contribution in [0, 0.1) is 0 Å². The van der Waals surface area contributed by atoms with E-state index in [-0.39, 0.29) is 6.61 Å². The van der Waals surface area contributed by atoms with Gasteiger partial charge >= 0.3 is 0 Å². The van der Waals surface area contributed by atoms with Gasteiger partial charge in [-0.25, -0.2) is 0 Å². The van der Waals surface area contributed by atoms with Crippen LogP contribution in [-0.4, -0.2) is 31.5 Å². The average Bonchev–Trinajstić information content (AvgIpc) is 2.25. The van der Waals surface area contributed by atoms with E-state index in [1.54, 1.807) is 19.2 Å². The maximum Gasteiger partial charge on any atom is 0.138 e. The summed E-state index contributed by atoms with van der Waals surface area (Å²) >= 11 is 5.88. The van der Waals surface area contributed by atoms with Gasteiger partial charge in [-0.15, -0.1) is 0 Å². The lowest BCUT2D eigenvalue weighted by Crippen LogP contribution is -2.19. The lowest BCUT2D eigenvalue weighted by Gasteiger charge is -2.12. The molecule has 3 nitrogen and oxygen atoms in total. The Bertz CT molecular complexity index is 291. The highest BCUT2D eigenvalue weighted by atomic mass is 35.5. The van der Waals surface area contributed by atoms with E-state index in [0.717, 1.165) is 0 Å². The molecule has 0 amide bonds. The molecule has 1 N–H and O–H groups in total. The summed E-state index contributed by atoms with van der Waals surface area (Å²) in [5.74, 6) is 0.593. The van der Waals surface area contributed by atoms with Crippen LogP contribution in [0.2, 0.25) is 5.02 Å². The van der Waals surface area contributed by atoms with Crippen molar-refractivity contribution in [2.75, 3.05) is 20.3 Å². The number of benzene rings is 1. The molecule has 0 saturated heterocycles. The van der Waals surface area contributed by atoms with Gasteiger partial charge in [0.25, 0.3) is 0 Å². The molecule has 0 bridgehead atoms. The van der Waals surface area contributed by atoms with E-state index in [1.165, 1.54) is 0 Å². The third kappa shape index (κ3) is 4.51. The van der Waals surface area contributed by atoms with E-state index >= 15 is 0 Å². The van der Waals surface area contributed by atoms with Crippen molar-refractivity contribution in [3.63, 3.8) is 0 Å². The van der Waals surface area contributed by atoms with Gasteiger partial charge in [0, 0.05) is 13.7 Å². The lowest BCUT2D eigenvalue weighted by molar-refractivity contribution is 0.0707. The summed E-state index contributed by atoms with van der Waals surface area (Å²) in [6.45, 7) is 0.750. The zero-order chi connectivity index (χ0) is 11.1. The number of rotatable bonds is 6. The van der Waals surface area contributed by atoms with Crippen molar-refractivity contribution >= 4 is 11.6 Å². The molecule has 0 aliphatic rings. The van der Waals surface area contributed by atoms with Gasteiger partial charge in [-0.2, -0.15) is 0 Å². The number of ether oxygens (including phenoxy) is 2. The second kappa shape index (κ2) is 6.67. The molecule has 15 heavy (non-hydrogen) atoms. The number of halogens is 1.